The Morgan fingerprint density at radius 1 is 1.38 bits per heavy atom. The zero-order valence-electron chi connectivity index (χ0n) is 7.82. The van der Waals surface area contributed by atoms with E-state index < -0.39 is 12.7 Å². The van der Waals surface area contributed by atoms with Crippen LogP contribution in [0.1, 0.15) is 19.8 Å². The maximum atomic E-state index is 11.8. The van der Waals surface area contributed by atoms with E-state index in [1.165, 1.54) is 7.05 Å². The van der Waals surface area contributed by atoms with Gasteiger partial charge in [0.25, 0.3) is 0 Å². The fourth-order valence-corrected chi connectivity index (χ4v) is 1.02. The highest BCUT2D eigenvalue weighted by atomic mass is 19.4. The molecule has 0 rings (SSSR count). The van der Waals surface area contributed by atoms with Gasteiger partial charge in [0, 0.05) is 6.42 Å². The van der Waals surface area contributed by atoms with Crippen LogP contribution in [-0.2, 0) is 4.79 Å². The minimum Gasteiger partial charge on any atom is -0.298 e. The summed E-state index contributed by atoms with van der Waals surface area (Å²) in [5.41, 5.74) is 0. The molecule has 0 aromatic carbocycles. The number of ketones is 1. The van der Waals surface area contributed by atoms with E-state index in [1.54, 1.807) is 0 Å². The lowest BCUT2D eigenvalue weighted by Crippen LogP contribution is -2.34. The minimum absolute atomic E-state index is 0.118. The van der Waals surface area contributed by atoms with Crippen LogP contribution in [0.3, 0.4) is 0 Å². The lowest BCUT2D eigenvalue weighted by molar-refractivity contribution is -0.145. The van der Waals surface area contributed by atoms with E-state index in [1.807, 2.05) is 6.92 Å². The Labute approximate surface area is 75.7 Å². The van der Waals surface area contributed by atoms with Gasteiger partial charge in [0.05, 0.1) is 13.1 Å². The molecule has 0 unspecified atom stereocenters. The molecule has 0 aromatic heterocycles. The molecule has 0 bridgehead atoms. The lowest BCUT2D eigenvalue weighted by atomic mass is 10.2. The predicted molar refractivity (Wildman–Crippen MR) is 43.5 cm³/mol. The largest absolute Gasteiger partial charge is 0.401 e. The molecule has 0 fully saturated rings. The number of likely N-dealkylation sites (N-methyl/N-ethyl adjacent to an activating group) is 1. The molecule has 0 aromatic rings. The van der Waals surface area contributed by atoms with Gasteiger partial charge in [0.15, 0.2) is 0 Å². The van der Waals surface area contributed by atoms with Gasteiger partial charge in [-0.2, -0.15) is 13.2 Å². The van der Waals surface area contributed by atoms with E-state index in [-0.39, 0.29) is 12.3 Å². The minimum atomic E-state index is -4.22. The zero-order valence-corrected chi connectivity index (χ0v) is 7.82. The Morgan fingerprint density at radius 2 is 1.92 bits per heavy atom. The maximum absolute atomic E-state index is 11.8. The third-order valence-electron chi connectivity index (χ3n) is 1.42. The number of rotatable bonds is 5. The predicted octanol–water partition coefficient (Wildman–Crippen LogP) is 1.85. The molecule has 0 atom stereocenters. The van der Waals surface area contributed by atoms with Crippen LogP contribution in [0.5, 0.6) is 0 Å². The monoisotopic (exact) mass is 197 g/mol. The SMILES string of the molecule is CCCC(=O)CN(C)CC(F)(F)F. The van der Waals surface area contributed by atoms with E-state index >= 15 is 0 Å². The molecule has 0 heterocycles. The molecule has 0 saturated heterocycles. The molecule has 5 heteroatoms. The van der Waals surface area contributed by atoms with Crippen molar-refractivity contribution in [1.29, 1.82) is 0 Å². The van der Waals surface area contributed by atoms with E-state index in [4.69, 9.17) is 0 Å². The van der Waals surface area contributed by atoms with Crippen LogP contribution in [0.4, 0.5) is 13.2 Å². The van der Waals surface area contributed by atoms with Gasteiger partial charge in [0.1, 0.15) is 5.78 Å². The van der Waals surface area contributed by atoms with Crippen molar-refractivity contribution >= 4 is 5.78 Å². The van der Waals surface area contributed by atoms with Crippen molar-refractivity contribution in [2.24, 2.45) is 0 Å². The normalized spacial score (nSPS) is 12.2. The molecule has 2 nitrogen and oxygen atoms in total. The van der Waals surface area contributed by atoms with E-state index in [2.05, 4.69) is 0 Å². The first-order chi connectivity index (χ1) is 5.85. The molecule has 0 amide bonds. The van der Waals surface area contributed by atoms with Crippen molar-refractivity contribution in [3.05, 3.63) is 0 Å². The van der Waals surface area contributed by atoms with Crippen LogP contribution in [0, 0.1) is 0 Å². The fraction of sp³-hybridized carbons (Fsp3) is 0.875. The molecular weight excluding hydrogens is 183 g/mol. The van der Waals surface area contributed by atoms with Crippen LogP contribution in [0.15, 0.2) is 0 Å². The van der Waals surface area contributed by atoms with Gasteiger partial charge in [-0.1, -0.05) is 6.92 Å². The van der Waals surface area contributed by atoms with E-state index in [0.717, 1.165) is 4.90 Å². The van der Waals surface area contributed by atoms with Gasteiger partial charge in [-0.05, 0) is 13.5 Å². The summed E-state index contributed by atoms with van der Waals surface area (Å²) in [4.78, 5) is 11.9. The van der Waals surface area contributed by atoms with Gasteiger partial charge in [-0.15, -0.1) is 0 Å². The number of nitrogens with zero attached hydrogens (tertiary/aromatic N) is 1. The Hall–Kier alpha value is -0.580. The van der Waals surface area contributed by atoms with Crippen LogP contribution in [0.25, 0.3) is 0 Å². The standard InChI is InChI=1S/C8H14F3NO/c1-3-4-7(13)5-12(2)6-8(9,10)11/h3-6H2,1-2H3. The summed E-state index contributed by atoms with van der Waals surface area (Å²) in [7, 11) is 1.29. The number of halogens is 3. The molecule has 0 aliphatic heterocycles. The average molecular weight is 197 g/mol. The third kappa shape index (κ3) is 7.77. The summed E-state index contributed by atoms with van der Waals surface area (Å²) in [5.74, 6) is -0.144. The number of carbonyl (C=O) groups excluding carboxylic acids is 1. The maximum Gasteiger partial charge on any atom is 0.401 e. The first kappa shape index (κ1) is 12.4. The Kier molecular flexibility index (Phi) is 4.98. The van der Waals surface area contributed by atoms with Gasteiger partial charge >= 0.3 is 6.18 Å². The second-order valence-electron chi connectivity index (χ2n) is 3.08. The van der Waals surface area contributed by atoms with Crippen molar-refractivity contribution in [3.63, 3.8) is 0 Å². The third-order valence-corrected chi connectivity index (χ3v) is 1.42. The van der Waals surface area contributed by atoms with Crippen molar-refractivity contribution in [1.82, 2.24) is 4.90 Å². The molecule has 0 aliphatic carbocycles. The van der Waals surface area contributed by atoms with Gasteiger partial charge in [-0.25, -0.2) is 0 Å². The van der Waals surface area contributed by atoms with Crippen molar-refractivity contribution in [2.75, 3.05) is 20.1 Å². The van der Waals surface area contributed by atoms with Crippen molar-refractivity contribution in [2.45, 2.75) is 25.9 Å². The summed E-state index contributed by atoms with van der Waals surface area (Å²) in [6, 6.07) is 0. The molecule has 0 aliphatic rings. The van der Waals surface area contributed by atoms with Gasteiger partial charge in [-0.3, -0.25) is 9.69 Å². The highest BCUT2D eigenvalue weighted by Crippen LogP contribution is 2.15. The van der Waals surface area contributed by atoms with Crippen molar-refractivity contribution in [3.8, 4) is 0 Å². The van der Waals surface area contributed by atoms with Crippen LogP contribution >= 0.6 is 0 Å². The van der Waals surface area contributed by atoms with Crippen LogP contribution < -0.4 is 0 Å². The second kappa shape index (κ2) is 5.21. The first-order valence-electron chi connectivity index (χ1n) is 4.12. The van der Waals surface area contributed by atoms with Crippen LogP contribution in [-0.4, -0.2) is 37.0 Å². The molecule has 0 spiro atoms. The van der Waals surface area contributed by atoms with E-state index in [9.17, 15) is 18.0 Å². The molecule has 13 heavy (non-hydrogen) atoms. The van der Waals surface area contributed by atoms with Gasteiger partial charge < -0.3 is 0 Å². The molecule has 0 N–H and O–H groups in total. The summed E-state index contributed by atoms with van der Waals surface area (Å²) < 4.78 is 35.4. The summed E-state index contributed by atoms with van der Waals surface area (Å²) in [6.07, 6.45) is -3.19. The van der Waals surface area contributed by atoms with Gasteiger partial charge in [0.2, 0.25) is 0 Å². The highest BCUT2D eigenvalue weighted by Gasteiger charge is 2.29. The van der Waals surface area contributed by atoms with Crippen LogP contribution in [0.2, 0.25) is 0 Å². The highest BCUT2D eigenvalue weighted by molar-refractivity contribution is 5.80. The molecular formula is C8H14F3NO. The fourth-order valence-electron chi connectivity index (χ4n) is 1.02. The number of hydrogen-bond donors (Lipinski definition) is 0. The van der Waals surface area contributed by atoms with E-state index in [0.29, 0.717) is 12.8 Å². The lowest BCUT2D eigenvalue weighted by Gasteiger charge is -2.17. The Balaban J connectivity index is 3.74. The zero-order chi connectivity index (χ0) is 10.5. The summed E-state index contributed by atoms with van der Waals surface area (Å²) in [6.45, 7) is 0.678. The number of alkyl halides is 3. The molecule has 78 valence electrons. The number of carbonyl (C=O) groups is 1. The molecule has 0 radical (unpaired) electrons. The number of Topliss-reactive ketones (excluding diaryl/α,β-unsaturated/α-hetero) is 1. The van der Waals surface area contributed by atoms with Crippen molar-refractivity contribution < 1.29 is 18.0 Å². The summed E-state index contributed by atoms with van der Waals surface area (Å²) in [5, 5.41) is 0. The Morgan fingerprint density at radius 3 is 2.31 bits per heavy atom. The number of hydrogen-bond acceptors (Lipinski definition) is 2. The smallest absolute Gasteiger partial charge is 0.298 e. The first-order valence-corrected chi connectivity index (χ1v) is 4.12. The topological polar surface area (TPSA) is 20.3 Å². The summed E-state index contributed by atoms with van der Waals surface area (Å²) >= 11 is 0. The second-order valence-corrected chi connectivity index (χ2v) is 3.08. The average Bonchev–Trinajstić information content (AvgIpc) is 1.81. The Bertz CT molecular complexity index is 167. The quantitative estimate of drug-likeness (QED) is 0.670. The molecule has 0 saturated carbocycles.